The molecule has 0 unspecified atom stereocenters. The molecule has 0 bridgehead atoms. The molecule has 0 fully saturated rings. The van der Waals surface area contributed by atoms with Crippen LogP contribution in [0.3, 0.4) is 0 Å². The zero-order chi connectivity index (χ0) is 14.7. The van der Waals surface area contributed by atoms with Gasteiger partial charge < -0.3 is 4.57 Å². The highest BCUT2D eigenvalue weighted by Gasteiger charge is 2.12. The summed E-state index contributed by atoms with van der Waals surface area (Å²) in [4.78, 5) is 20.5. The van der Waals surface area contributed by atoms with Gasteiger partial charge in [0.1, 0.15) is 5.69 Å². The summed E-state index contributed by atoms with van der Waals surface area (Å²) in [5.41, 5.74) is 2.69. The van der Waals surface area contributed by atoms with Gasteiger partial charge in [0.2, 0.25) is 0 Å². The van der Waals surface area contributed by atoms with Crippen LogP contribution in [0, 0.1) is 6.92 Å². The molecule has 3 aromatic heterocycles. The fourth-order valence-electron chi connectivity index (χ4n) is 2.10. The Bertz CT molecular complexity index is 749. The van der Waals surface area contributed by atoms with Crippen LogP contribution in [-0.2, 0) is 6.54 Å². The van der Waals surface area contributed by atoms with Crippen molar-refractivity contribution in [2.75, 3.05) is 5.32 Å². The van der Waals surface area contributed by atoms with Gasteiger partial charge in [-0.15, -0.1) is 11.3 Å². The molecule has 21 heavy (non-hydrogen) atoms. The van der Waals surface area contributed by atoms with Crippen LogP contribution < -0.4 is 5.32 Å². The van der Waals surface area contributed by atoms with Gasteiger partial charge in [-0.2, -0.15) is 0 Å². The van der Waals surface area contributed by atoms with Crippen molar-refractivity contribution in [2.45, 2.75) is 13.5 Å². The Hall–Kier alpha value is -2.47. The average Bonchev–Trinajstić information content (AvgIpc) is 3.10. The Kier molecular flexibility index (Phi) is 3.79. The maximum absolute atomic E-state index is 12.3. The summed E-state index contributed by atoms with van der Waals surface area (Å²) in [5.74, 6) is -0.152. The van der Waals surface area contributed by atoms with E-state index in [1.807, 2.05) is 41.3 Å². The lowest BCUT2D eigenvalue weighted by Gasteiger charge is -2.09. The van der Waals surface area contributed by atoms with Crippen molar-refractivity contribution in [3.8, 4) is 0 Å². The van der Waals surface area contributed by atoms with Crippen molar-refractivity contribution in [2.24, 2.45) is 0 Å². The molecule has 0 aliphatic rings. The largest absolute Gasteiger partial charge is 0.339 e. The zero-order valence-corrected chi connectivity index (χ0v) is 12.3. The van der Waals surface area contributed by atoms with Crippen molar-refractivity contribution < 1.29 is 4.79 Å². The second-order valence-electron chi connectivity index (χ2n) is 4.62. The predicted octanol–water partition coefficient (Wildman–Crippen LogP) is 2.95. The Balaban J connectivity index is 1.79. The Morgan fingerprint density at radius 1 is 1.33 bits per heavy atom. The third-order valence-corrected chi connectivity index (χ3v) is 3.72. The molecule has 3 heterocycles. The molecule has 0 aliphatic carbocycles. The van der Waals surface area contributed by atoms with E-state index in [-0.39, 0.29) is 5.91 Å². The maximum atomic E-state index is 12.3. The van der Waals surface area contributed by atoms with Crippen molar-refractivity contribution >= 4 is 22.4 Å². The van der Waals surface area contributed by atoms with Crippen molar-refractivity contribution in [1.29, 1.82) is 0 Å². The molecule has 5 nitrogen and oxygen atoms in total. The Morgan fingerprint density at radius 3 is 3.00 bits per heavy atom. The molecule has 1 N–H and O–H groups in total. The van der Waals surface area contributed by atoms with Gasteiger partial charge in [0.15, 0.2) is 5.13 Å². The van der Waals surface area contributed by atoms with Crippen LogP contribution in [0.15, 0.2) is 48.2 Å². The smallest absolute Gasteiger partial charge is 0.274 e. The number of aryl methyl sites for hydroxylation is 1. The SMILES string of the molecule is Cc1cc(Cn2cccc2C(=O)Nc2nccs2)ccn1. The first-order valence-electron chi connectivity index (χ1n) is 6.50. The number of pyridine rings is 1. The molecule has 6 heteroatoms. The Labute approximate surface area is 126 Å². The fraction of sp³-hybridized carbons (Fsp3) is 0.133. The van der Waals surface area contributed by atoms with Gasteiger partial charge in [0, 0.05) is 36.2 Å². The van der Waals surface area contributed by atoms with Gasteiger partial charge >= 0.3 is 0 Å². The quantitative estimate of drug-likeness (QED) is 0.805. The second kappa shape index (κ2) is 5.88. The highest BCUT2D eigenvalue weighted by molar-refractivity contribution is 7.13. The summed E-state index contributed by atoms with van der Waals surface area (Å²) >= 11 is 1.40. The molecule has 0 radical (unpaired) electrons. The van der Waals surface area contributed by atoms with Crippen LogP contribution >= 0.6 is 11.3 Å². The number of thiazole rings is 1. The van der Waals surface area contributed by atoms with Crippen molar-refractivity contribution in [1.82, 2.24) is 14.5 Å². The molecule has 0 atom stereocenters. The second-order valence-corrected chi connectivity index (χ2v) is 5.51. The topological polar surface area (TPSA) is 59.8 Å². The maximum Gasteiger partial charge on any atom is 0.274 e. The van der Waals surface area contributed by atoms with E-state index in [1.165, 1.54) is 11.3 Å². The summed E-state index contributed by atoms with van der Waals surface area (Å²) in [6, 6.07) is 7.64. The zero-order valence-electron chi connectivity index (χ0n) is 11.5. The van der Waals surface area contributed by atoms with Gasteiger partial charge in [-0.05, 0) is 36.8 Å². The highest BCUT2D eigenvalue weighted by atomic mass is 32.1. The first-order valence-corrected chi connectivity index (χ1v) is 7.38. The molecule has 3 rings (SSSR count). The number of anilines is 1. The third kappa shape index (κ3) is 3.17. The number of nitrogens with zero attached hydrogens (tertiary/aromatic N) is 3. The molecule has 106 valence electrons. The molecule has 0 saturated carbocycles. The lowest BCUT2D eigenvalue weighted by Crippen LogP contribution is -2.17. The number of aromatic nitrogens is 3. The van der Waals surface area contributed by atoms with Crippen LogP contribution in [0.25, 0.3) is 0 Å². The molecule has 0 saturated heterocycles. The van der Waals surface area contributed by atoms with E-state index in [1.54, 1.807) is 18.5 Å². The standard InChI is InChI=1S/C15H14N4OS/c1-11-9-12(4-5-16-11)10-19-7-2-3-13(19)14(20)18-15-17-6-8-21-15/h2-9H,10H2,1H3,(H,17,18,20). The summed E-state index contributed by atoms with van der Waals surface area (Å²) in [6.45, 7) is 2.59. The number of carbonyl (C=O) groups excluding carboxylic acids is 1. The van der Waals surface area contributed by atoms with Crippen molar-refractivity contribution in [3.63, 3.8) is 0 Å². The van der Waals surface area contributed by atoms with E-state index in [9.17, 15) is 4.79 Å². The van der Waals surface area contributed by atoms with Crippen LogP contribution in [0.2, 0.25) is 0 Å². The van der Waals surface area contributed by atoms with E-state index < -0.39 is 0 Å². The van der Waals surface area contributed by atoms with Gasteiger partial charge in [-0.25, -0.2) is 4.98 Å². The number of hydrogen-bond acceptors (Lipinski definition) is 4. The minimum absolute atomic E-state index is 0.152. The number of rotatable bonds is 4. The molecular weight excluding hydrogens is 284 g/mol. The minimum Gasteiger partial charge on any atom is -0.339 e. The van der Waals surface area contributed by atoms with Gasteiger partial charge in [0.05, 0.1) is 0 Å². The molecule has 0 aromatic carbocycles. The number of amides is 1. The minimum atomic E-state index is -0.152. The number of carbonyl (C=O) groups is 1. The lowest BCUT2D eigenvalue weighted by atomic mass is 10.2. The first kappa shape index (κ1) is 13.5. The molecule has 0 aliphatic heterocycles. The third-order valence-electron chi connectivity index (χ3n) is 3.03. The van der Waals surface area contributed by atoms with Crippen molar-refractivity contribution in [3.05, 3.63) is 65.2 Å². The molecule has 3 aromatic rings. The number of nitrogens with one attached hydrogen (secondary N) is 1. The average molecular weight is 298 g/mol. The van der Waals surface area contributed by atoms with Gasteiger partial charge in [-0.1, -0.05) is 0 Å². The van der Waals surface area contributed by atoms with E-state index in [4.69, 9.17) is 0 Å². The Morgan fingerprint density at radius 2 is 2.24 bits per heavy atom. The monoisotopic (exact) mass is 298 g/mol. The van der Waals surface area contributed by atoms with E-state index >= 15 is 0 Å². The van der Waals surface area contributed by atoms with Crippen LogP contribution in [0.1, 0.15) is 21.7 Å². The first-order chi connectivity index (χ1) is 10.2. The molecule has 0 spiro atoms. The molecular formula is C15H14N4OS. The summed E-state index contributed by atoms with van der Waals surface area (Å²) in [6.07, 6.45) is 5.34. The lowest BCUT2D eigenvalue weighted by molar-refractivity contribution is 0.101. The number of hydrogen-bond donors (Lipinski definition) is 1. The summed E-state index contributed by atoms with van der Waals surface area (Å²) in [5, 5.41) is 5.23. The summed E-state index contributed by atoms with van der Waals surface area (Å²) < 4.78 is 1.91. The van der Waals surface area contributed by atoms with Crippen LogP contribution in [0.4, 0.5) is 5.13 Å². The van der Waals surface area contributed by atoms with E-state index in [0.29, 0.717) is 17.4 Å². The van der Waals surface area contributed by atoms with Crippen LogP contribution in [-0.4, -0.2) is 20.4 Å². The van der Waals surface area contributed by atoms with Gasteiger partial charge in [-0.3, -0.25) is 15.1 Å². The van der Waals surface area contributed by atoms with E-state index in [2.05, 4.69) is 15.3 Å². The molecule has 1 amide bonds. The normalized spacial score (nSPS) is 10.5. The highest BCUT2D eigenvalue weighted by Crippen LogP contribution is 2.14. The van der Waals surface area contributed by atoms with Gasteiger partial charge in [0.25, 0.3) is 5.91 Å². The van der Waals surface area contributed by atoms with Crippen LogP contribution in [0.5, 0.6) is 0 Å². The predicted molar refractivity (Wildman–Crippen MR) is 82.6 cm³/mol. The summed E-state index contributed by atoms with van der Waals surface area (Å²) in [7, 11) is 0. The fourth-order valence-corrected chi connectivity index (χ4v) is 2.63. The van der Waals surface area contributed by atoms with E-state index in [0.717, 1.165) is 11.3 Å².